The molecule has 2 aromatic rings. The minimum Gasteiger partial charge on any atom is -0.478 e. The number of nitrogens with two attached hydrogens (primary N) is 1. The van der Waals surface area contributed by atoms with E-state index in [-0.39, 0.29) is 4.90 Å². The minimum absolute atomic E-state index is 0.0241. The van der Waals surface area contributed by atoms with Crippen molar-refractivity contribution in [3.8, 4) is 5.69 Å². The van der Waals surface area contributed by atoms with Gasteiger partial charge in [0.25, 0.3) is 0 Å². The average Bonchev–Trinajstić information content (AvgIpc) is 2.83. The highest BCUT2D eigenvalue weighted by Gasteiger charge is 2.08. The summed E-state index contributed by atoms with van der Waals surface area (Å²) in [5, 5.41) is 13.6. The molecule has 2 rings (SSSR count). The van der Waals surface area contributed by atoms with E-state index in [1.54, 1.807) is 35.0 Å². The SMILES string of the molecule is NS(=O)(=O)c1ccc(-n2cccc2C=CC(=O)O)cc1. The number of carbonyl (C=O) groups is 1. The predicted octanol–water partition coefficient (Wildman–Crippen LogP) is 1.22. The number of rotatable bonds is 4. The summed E-state index contributed by atoms with van der Waals surface area (Å²) in [5.74, 6) is -1.04. The summed E-state index contributed by atoms with van der Waals surface area (Å²) in [6, 6.07) is 9.49. The summed E-state index contributed by atoms with van der Waals surface area (Å²) < 4.78 is 24.1. The molecule has 1 heterocycles. The van der Waals surface area contributed by atoms with Gasteiger partial charge in [-0.3, -0.25) is 0 Å². The second-order valence-corrected chi connectivity index (χ2v) is 5.57. The maximum absolute atomic E-state index is 11.2. The zero-order valence-electron chi connectivity index (χ0n) is 10.3. The van der Waals surface area contributed by atoms with Crippen LogP contribution in [0.2, 0.25) is 0 Å². The number of hydrogen-bond acceptors (Lipinski definition) is 3. The van der Waals surface area contributed by atoms with Crippen LogP contribution in [0, 0.1) is 0 Å². The third-order valence-corrected chi connectivity index (χ3v) is 3.55. The van der Waals surface area contributed by atoms with Crippen molar-refractivity contribution in [2.75, 3.05) is 0 Å². The third-order valence-electron chi connectivity index (χ3n) is 2.62. The second-order valence-electron chi connectivity index (χ2n) is 4.01. The fourth-order valence-electron chi connectivity index (χ4n) is 1.72. The highest BCUT2D eigenvalue weighted by atomic mass is 32.2. The first-order valence-corrected chi connectivity index (χ1v) is 7.14. The van der Waals surface area contributed by atoms with Crippen molar-refractivity contribution in [3.63, 3.8) is 0 Å². The summed E-state index contributed by atoms with van der Waals surface area (Å²) in [6.45, 7) is 0. The van der Waals surface area contributed by atoms with Gasteiger partial charge in [-0.25, -0.2) is 18.4 Å². The van der Waals surface area contributed by atoms with Crippen molar-refractivity contribution in [2.24, 2.45) is 5.14 Å². The van der Waals surface area contributed by atoms with E-state index in [0.29, 0.717) is 11.4 Å². The molecule has 0 unspecified atom stereocenters. The molecule has 0 radical (unpaired) electrons. The molecule has 1 aromatic carbocycles. The van der Waals surface area contributed by atoms with Crippen molar-refractivity contribution in [3.05, 3.63) is 54.4 Å². The van der Waals surface area contributed by atoms with Gasteiger partial charge in [0.2, 0.25) is 10.0 Å². The van der Waals surface area contributed by atoms with Crippen molar-refractivity contribution < 1.29 is 18.3 Å². The van der Waals surface area contributed by atoms with Gasteiger partial charge < -0.3 is 9.67 Å². The molecule has 1 aromatic heterocycles. The lowest BCUT2D eigenvalue weighted by Gasteiger charge is -2.07. The van der Waals surface area contributed by atoms with E-state index in [2.05, 4.69) is 0 Å². The number of primary sulfonamides is 1. The molecule has 0 amide bonds. The maximum Gasteiger partial charge on any atom is 0.328 e. The molecule has 20 heavy (non-hydrogen) atoms. The van der Waals surface area contributed by atoms with Crippen molar-refractivity contribution >= 4 is 22.1 Å². The van der Waals surface area contributed by atoms with E-state index >= 15 is 0 Å². The summed E-state index contributed by atoms with van der Waals surface area (Å²) in [4.78, 5) is 10.5. The lowest BCUT2D eigenvalue weighted by molar-refractivity contribution is -0.131. The van der Waals surface area contributed by atoms with Crippen LogP contribution in [0.4, 0.5) is 0 Å². The Morgan fingerprint density at radius 3 is 2.40 bits per heavy atom. The van der Waals surface area contributed by atoms with Crippen molar-refractivity contribution in [2.45, 2.75) is 4.90 Å². The molecule has 0 aliphatic carbocycles. The summed E-state index contributed by atoms with van der Waals surface area (Å²) in [5.41, 5.74) is 1.36. The number of aromatic nitrogens is 1. The number of benzene rings is 1. The van der Waals surface area contributed by atoms with E-state index in [1.807, 2.05) is 0 Å². The van der Waals surface area contributed by atoms with Gasteiger partial charge in [-0.05, 0) is 42.5 Å². The molecule has 7 heteroatoms. The van der Waals surface area contributed by atoms with E-state index < -0.39 is 16.0 Å². The quantitative estimate of drug-likeness (QED) is 0.827. The summed E-state index contributed by atoms with van der Waals surface area (Å²) in [6.07, 6.45) is 4.23. The molecule has 0 aliphatic rings. The van der Waals surface area contributed by atoms with E-state index in [0.717, 1.165) is 6.08 Å². The lowest BCUT2D eigenvalue weighted by Crippen LogP contribution is -2.12. The summed E-state index contributed by atoms with van der Waals surface area (Å²) >= 11 is 0. The Hall–Kier alpha value is -2.38. The van der Waals surface area contributed by atoms with Crippen molar-refractivity contribution in [1.82, 2.24) is 4.57 Å². The second kappa shape index (κ2) is 5.32. The first-order valence-electron chi connectivity index (χ1n) is 5.59. The average molecular weight is 292 g/mol. The Labute approximate surface area is 115 Å². The first kappa shape index (κ1) is 14.0. The zero-order valence-corrected chi connectivity index (χ0v) is 11.1. The predicted molar refractivity (Wildman–Crippen MR) is 73.8 cm³/mol. The number of aliphatic carboxylic acids is 1. The van der Waals surface area contributed by atoms with Crippen molar-refractivity contribution in [1.29, 1.82) is 0 Å². The zero-order chi connectivity index (χ0) is 14.8. The molecule has 0 saturated carbocycles. The molecule has 3 N–H and O–H groups in total. The Morgan fingerprint density at radius 2 is 1.85 bits per heavy atom. The van der Waals surface area contributed by atoms with Crippen LogP contribution in [0.15, 0.2) is 53.6 Å². The Kier molecular flexibility index (Phi) is 3.73. The molecule has 0 spiro atoms. The molecule has 0 atom stereocenters. The van der Waals surface area contributed by atoms with E-state index in [9.17, 15) is 13.2 Å². The standard InChI is InChI=1S/C13H12N2O4S/c14-20(18,19)12-6-3-11(4-7-12)15-9-1-2-10(15)5-8-13(16)17/h1-9H,(H,16,17)(H2,14,18,19). The fraction of sp³-hybridized carbons (Fsp3) is 0. The Balaban J connectivity index is 2.38. The van der Waals surface area contributed by atoms with Gasteiger partial charge >= 0.3 is 5.97 Å². The van der Waals surface area contributed by atoms with Gasteiger partial charge in [0.1, 0.15) is 0 Å². The fourth-order valence-corrected chi connectivity index (χ4v) is 2.23. The maximum atomic E-state index is 11.2. The molecule has 6 nitrogen and oxygen atoms in total. The Bertz CT molecular complexity index is 758. The number of carboxylic acid groups (broad SMARTS) is 1. The molecular formula is C13H12N2O4S. The van der Waals surface area contributed by atoms with Crippen LogP contribution in [0.3, 0.4) is 0 Å². The Morgan fingerprint density at radius 1 is 1.20 bits per heavy atom. The van der Waals surface area contributed by atoms with Gasteiger partial charge in [0.05, 0.1) is 4.90 Å². The molecule has 0 fully saturated rings. The van der Waals surface area contributed by atoms with Crippen LogP contribution in [0.1, 0.15) is 5.69 Å². The van der Waals surface area contributed by atoms with Gasteiger partial charge in [0.15, 0.2) is 0 Å². The normalized spacial score (nSPS) is 11.8. The van der Waals surface area contributed by atoms with E-state index in [1.165, 1.54) is 18.2 Å². The minimum atomic E-state index is -3.72. The number of carboxylic acids is 1. The topological polar surface area (TPSA) is 102 Å². The number of nitrogens with zero attached hydrogens (tertiary/aromatic N) is 1. The van der Waals surface area contributed by atoms with Crippen LogP contribution in [-0.2, 0) is 14.8 Å². The molecule has 0 aliphatic heterocycles. The van der Waals surface area contributed by atoms with Gasteiger partial charge in [-0.15, -0.1) is 0 Å². The lowest BCUT2D eigenvalue weighted by atomic mass is 10.3. The van der Waals surface area contributed by atoms with Crippen LogP contribution in [-0.4, -0.2) is 24.1 Å². The third kappa shape index (κ3) is 3.14. The monoisotopic (exact) mass is 292 g/mol. The van der Waals surface area contributed by atoms with Crippen LogP contribution in [0.25, 0.3) is 11.8 Å². The van der Waals surface area contributed by atoms with Crippen LogP contribution >= 0.6 is 0 Å². The highest BCUT2D eigenvalue weighted by Crippen LogP contribution is 2.16. The molecule has 0 saturated heterocycles. The number of sulfonamides is 1. The molecular weight excluding hydrogens is 280 g/mol. The molecule has 104 valence electrons. The van der Waals surface area contributed by atoms with Gasteiger partial charge in [-0.2, -0.15) is 0 Å². The van der Waals surface area contributed by atoms with E-state index in [4.69, 9.17) is 10.2 Å². The smallest absolute Gasteiger partial charge is 0.328 e. The summed E-state index contributed by atoms with van der Waals surface area (Å²) in [7, 11) is -3.72. The number of hydrogen-bond donors (Lipinski definition) is 2. The van der Waals surface area contributed by atoms with Gasteiger partial charge in [0, 0.05) is 23.7 Å². The van der Waals surface area contributed by atoms with Crippen LogP contribution < -0.4 is 5.14 Å². The van der Waals surface area contributed by atoms with Gasteiger partial charge in [-0.1, -0.05) is 0 Å². The molecule has 0 bridgehead atoms. The largest absolute Gasteiger partial charge is 0.478 e. The first-order chi connectivity index (χ1) is 9.38. The van der Waals surface area contributed by atoms with Crippen LogP contribution in [0.5, 0.6) is 0 Å². The highest BCUT2D eigenvalue weighted by molar-refractivity contribution is 7.89.